The van der Waals surface area contributed by atoms with Crippen molar-refractivity contribution < 1.29 is 0 Å². The lowest BCUT2D eigenvalue weighted by Gasteiger charge is -2.19. The Hall–Kier alpha value is -0.860. The van der Waals surface area contributed by atoms with E-state index in [1.54, 1.807) is 0 Å². The van der Waals surface area contributed by atoms with Crippen LogP contribution in [0.15, 0.2) is 24.3 Å². The van der Waals surface area contributed by atoms with Crippen molar-refractivity contribution in [2.24, 2.45) is 0 Å². The average molecular weight is 248 g/mol. The number of unbranched alkanes of at least 4 members (excludes halogenated alkanes) is 1. The molecule has 0 aromatic heterocycles. The highest BCUT2D eigenvalue weighted by Gasteiger charge is 2.12. The van der Waals surface area contributed by atoms with Crippen LogP contribution in [-0.2, 0) is 12.0 Å². The molecule has 1 aromatic rings. The highest BCUT2D eigenvalue weighted by atomic mass is 14.8. The van der Waals surface area contributed by atoms with Crippen LogP contribution in [0.2, 0.25) is 0 Å². The summed E-state index contributed by atoms with van der Waals surface area (Å²) in [6.45, 7) is 9.95. The van der Waals surface area contributed by atoms with Crippen molar-refractivity contribution in [3.63, 3.8) is 0 Å². The van der Waals surface area contributed by atoms with Gasteiger partial charge in [0.15, 0.2) is 0 Å². The normalized spacial score (nSPS) is 11.8. The quantitative estimate of drug-likeness (QED) is 0.725. The van der Waals surface area contributed by atoms with E-state index in [-0.39, 0.29) is 5.41 Å². The van der Waals surface area contributed by atoms with Gasteiger partial charge in [0.05, 0.1) is 0 Å². The summed E-state index contributed by atoms with van der Waals surface area (Å²) in [4.78, 5) is 0. The van der Waals surface area contributed by atoms with Gasteiger partial charge in [-0.15, -0.1) is 0 Å². The Morgan fingerprint density at radius 1 is 0.944 bits per heavy atom. The number of rotatable bonds is 7. The number of benzene rings is 1. The van der Waals surface area contributed by atoms with E-state index in [0.29, 0.717) is 0 Å². The third kappa shape index (κ3) is 5.65. The standard InChI is InChI=1S/C16H28N2/c1-16(2,3)15-9-7-14(8-10-15)13-18-12-6-5-11-17-4/h7-10,17-18H,5-6,11-13H2,1-4H3. The number of nitrogens with one attached hydrogen (secondary N) is 2. The van der Waals surface area contributed by atoms with Gasteiger partial charge in [-0.05, 0) is 49.5 Å². The first kappa shape index (κ1) is 15.2. The molecule has 102 valence electrons. The van der Waals surface area contributed by atoms with Crippen molar-refractivity contribution >= 4 is 0 Å². The Labute approximate surface area is 112 Å². The summed E-state index contributed by atoms with van der Waals surface area (Å²) in [5, 5.41) is 6.66. The minimum absolute atomic E-state index is 0.249. The van der Waals surface area contributed by atoms with Gasteiger partial charge in [-0.1, -0.05) is 45.0 Å². The molecule has 0 atom stereocenters. The average Bonchev–Trinajstić information content (AvgIpc) is 2.33. The fourth-order valence-corrected chi connectivity index (χ4v) is 1.91. The largest absolute Gasteiger partial charge is 0.320 e. The van der Waals surface area contributed by atoms with E-state index in [1.165, 1.54) is 24.0 Å². The maximum absolute atomic E-state index is 3.49. The summed E-state index contributed by atoms with van der Waals surface area (Å²) in [6, 6.07) is 8.97. The van der Waals surface area contributed by atoms with Crippen LogP contribution in [-0.4, -0.2) is 20.1 Å². The molecule has 0 aliphatic carbocycles. The molecule has 0 fully saturated rings. The van der Waals surface area contributed by atoms with E-state index in [2.05, 4.69) is 55.7 Å². The minimum Gasteiger partial charge on any atom is -0.320 e. The highest BCUT2D eigenvalue weighted by Crippen LogP contribution is 2.22. The third-order valence-corrected chi connectivity index (χ3v) is 3.18. The highest BCUT2D eigenvalue weighted by molar-refractivity contribution is 5.27. The predicted octanol–water partition coefficient (Wildman–Crippen LogP) is 3.07. The van der Waals surface area contributed by atoms with E-state index in [4.69, 9.17) is 0 Å². The molecule has 0 heterocycles. The molecule has 0 unspecified atom stereocenters. The van der Waals surface area contributed by atoms with Crippen LogP contribution in [0.4, 0.5) is 0 Å². The van der Waals surface area contributed by atoms with Gasteiger partial charge in [0.1, 0.15) is 0 Å². The Bertz CT molecular complexity index is 322. The van der Waals surface area contributed by atoms with Crippen LogP contribution in [0.5, 0.6) is 0 Å². The van der Waals surface area contributed by atoms with Gasteiger partial charge in [-0.3, -0.25) is 0 Å². The second-order valence-electron chi connectivity index (χ2n) is 5.93. The van der Waals surface area contributed by atoms with Crippen molar-refractivity contribution in [2.45, 2.75) is 45.6 Å². The predicted molar refractivity (Wildman–Crippen MR) is 80.0 cm³/mol. The lowest BCUT2D eigenvalue weighted by atomic mass is 9.87. The van der Waals surface area contributed by atoms with Crippen molar-refractivity contribution in [1.82, 2.24) is 10.6 Å². The molecule has 1 aromatic carbocycles. The van der Waals surface area contributed by atoms with Crippen LogP contribution < -0.4 is 10.6 Å². The van der Waals surface area contributed by atoms with Gasteiger partial charge < -0.3 is 10.6 Å². The lowest BCUT2D eigenvalue weighted by molar-refractivity contribution is 0.588. The molecule has 18 heavy (non-hydrogen) atoms. The molecule has 0 spiro atoms. The van der Waals surface area contributed by atoms with Gasteiger partial charge in [0.25, 0.3) is 0 Å². The zero-order valence-corrected chi connectivity index (χ0v) is 12.3. The molecule has 0 aliphatic rings. The summed E-state index contributed by atoms with van der Waals surface area (Å²) in [5.74, 6) is 0. The summed E-state index contributed by atoms with van der Waals surface area (Å²) < 4.78 is 0. The smallest absolute Gasteiger partial charge is 0.0205 e. The molecule has 0 saturated heterocycles. The molecule has 0 aliphatic heterocycles. The van der Waals surface area contributed by atoms with Crippen LogP contribution in [0.25, 0.3) is 0 Å². The number of hydrogen-bond acceptors (Lipinski definition) is 2. The fraction of sp³-hybridized carbons (Fsp3) is 0.625. The van der Waals surface area contributed by atoms with E-state index in [1.807, 2.05) is 7.05 Å². The maximum Gasteiger partial charge on any atom is 0.0205 e. The zero-order valence-electron chi connectivity index (χ0n) is 12.3. The van der Waals surface area contributed by atoms with E-state index in [9.17, 15) is 0 Å². The summed E-state index contributed by atoms with van der Waals surface area (Å²) in [7, 11) is 2.00. The Morgan fingerprint density at radius 3 is 2.11 bits per heavy atom. The van der Waals surface area contributed by atoms with Crippen LogP contribution in [0, 0.1) is 0 Å². The first-order valence-corrected chi connectivity index (χ1v) is 6.99. The van der Waals surface area contributed by atoms with Crippen molar-refractivity contribution in [3.8, 4) is 0 Å². The van der Waals surface area contributed by atoms with Gasteiger partial charge in [0, 0.05) is 6.54 Å². The Balaban J connectivity index is 2.27. The maximum atomic E-state index is 3.49. The second kappa shape index (κ2) is 7.55. The zero-order chi connectivity index (χ0) is 13.4. The van der Waals surface area contributed by atoms with E-state index in [0.717, 1.165) is 19.6 Å². The molecule has 0 radical (unpaired) electrons. The fourth-order valence-electron chi connectivity index (χ4n) is 1.91. The van der Waals surface area contributed by atoms with E-state index >= 15 is 0 Å². The number of hydrogen-bond donors (Lipinski definition) is 2. The molecular weight excluding hydrogens is 220 g/mol. The van der Waals surface area contributed by atoms with Crippen LogP contribution in [0.3, 0.4) is 0 Å². The topological polar surface area (TPSA) is 24.1 Å². The van der Waals surface area contributed by atoms with Gasteiger partial charge >= 0.3 is 0 Å². The monoisotopic (exact) mass is 248 g/mol. The summed E-state index contributed by atoms with van der Waals surface area (Å²) in [6.07, 6.45) is 2.48. The molecule has 0 bridgehead atoms. The van der Waals surface area contributed by atoms with Crippen molar-refractivity contribution in [3.05, 3.63) is 35.4 Å². The molecule has 0 saturated carbocycles. The molecule has 2 N–H and O–H groups in total. The third-order valence-electron chi connectivity index (χ3n) is 3.18. The van der Waals surface area contributed by atoms with Crippen LogP contribution in [0.1, 0.15) is 44.7 Å². The van der Waals surface area contributed by atoms with Gasteiger partial charge in [0.2, 0.25) is 0 Å². The molecular formula is C16H28N2. The first-order chi connectivity index (χ1) is 8.54. The Morgan fingerprint density at radius 2 is 1.56 bits per heavy atom. The van der Waals surface area contributed by atoms with Crippen molar-refractivity contribution in [1.29, 1.82) is 0 Å². The summed E-state index contributed by atoms with van der Waals surface area (Å²) in [5.41, 5.74) is 3.02. The Kier molecular flexibility index (Phi) is 6.37. The lowest BCUT2D eigenvalue weighted by Crippen LogP contribution is -2.17. The van der Waals surface area contributed by atoms with Crippen LogP contribution >= 0.6 is 0 Å². The molecule has 1 rings (SSSR count). The second-order valence-corrected chi connectivity index (χ2v) is 5.93. The molecule has 2 heteroatoms. The summed E-state index contributed by atoms with van der Waals surface area (Å²) >= 11 is 0. The molecule has 2 nitrogen and oxygen atoms in total. The van der Waals surface area contributed by atoms with Crippen molar-refractivity contribution in [2.75, 3.05) is 20.1 Å². The van der Waals surface area contributed by atoms with E-state index < -0.39 is 0 Å². The SMILES string of the molecule is CNCCCCNCc1ccc(C(C)(C)C)cc1. The molecule has 0 amide bonds. The van der Waals surface area contributed by atoms with Gasteiger partial charge in [-0.2, -0.15) is 0 Å². The first-order valence-electron chi connectivity index (χ1n) is 6.99. The minimum atomic E-state index is 0.249. The van der Waals surface area contributed by atoms with Gasteiger partial charge in [-0.25, -0.2) is 0 Å².